The third-order valence-electron chi connectivity index (χ3n) is 4.90. The largest absolute Gasteiger partial charge is 0.449 e. The highest BCUT2D eigenvalue weighted by Crippen LogP contribution is 2.44. The van der Waals surface area contributed by atoms with Crippen LogP contribution in [0.5, 0.6) is 0 Å². The number of benzene rings is 2. The standard InChI is InChI=1S/C22H26N2O3/c1-3-4-13-23-21(25)15(2)24-22(26)27-14-20-18-11-7-5-9-16(18)17-10-6-8-12-19(17)20/h5-12,15,20H,3-4,13-14H2,1-2H3,(H,23,25)(H,24,26)/t15-/m0/s1. The summed E-state index contributed by atoms with van der Waals surface area (Å²) in [5, 5.41) is 5.41. The van der Waals surface area contributed by atoms with Crippen molar-refractivity contribution in [1.82, 2.24) is 10.6 Å². The summed E-state index contributed by atoms with van der Waals surface area (Å²) >= 11 is 0. The molecular weight excluding hydrogens is 340 g/mol. The third kappa shape index (κ3) is 4.30. The van der Waals surface area contributed by atoms with Crippen LogP contribution in [0.25, 0.3) is 11.1 Å². The zero-order valence-electron chi connectivity index (χ0n) is 15.8. The van der Waals surface area contributed by atoms with Crippen molar-refractivity contribution in [2.24, 2.45) is 0 Å². The lowest BCUT2D eigenvalue weighted by molar-refractivity contribution is -0.122. The Bertz CT molecular complexity index is 773. The minimum atomic E-state index is -0.627. The van der Waals surface area contributed by atoms with Gasteiger partial charge >= 0.3 is 6.09 Å². The molecule has 3 rings (SSSR count). The molecule has 5 heteroatoms. The van der Waals surface area contributed by atoms with Gasteiger partial charge in [0.15, 0.2) is 0 Å². The average molecular weight is 366 g/mol. The molecule has 0 unspecified atom stereocenters. The van der Waals surface area contributed by atoms with Crippen molar-refractivity contribution in [1.29, 1.82) is 0 Å². The Morgan fingerprint density at radius 1 is 1.04 bits per heavy atom. The summed E-state index contributed by atoms with van der Waals surface area (Å²) in [5.74, 6) is -0.186. The summed E-state index contributed by atoms with van der Waals surface area (Å²) in [6.07, 6.45) is 1.35. The van der Waals surface area contributed by atoms with Crippen LogP contribution in [-0.4, -0.2) is 31.2 Å². The van der Waals surface area contributed by atoms with E-state index in [9.17, 15) is 9.59 Å². The molecule has 0 aliphatic heterocycles. The van der Waals surface area contributed by atoms with Gasteiger partial charge in [0.2, 0.25) is 5.91 Å². The van der Waals surface area contributed by atoms with Crippen molar-refractivity contribution in [2.45, 2.75) is 38.6 Å². The topological polar surface area (TPSA) is 67.4 Å². The Balaban J connectivity index is 1.58. The lowest BCUT2D eigenvalue weighted by atomic mass is 9.98. The molecule has 0 bridgehead atoms. The molecule has 0 aromatic heterocycles. The Morgan fingerprint density at radius 2 is 1.63 bits per heavy atom. The summed E-state index contributed by atoms with van der Waals surface area (Å²) in [5.41, 5.74) is 4.70. The molecule has 0 radical (unpaired) electrons. The number of carbonyl (C=O) groups excluding carboxylic acids is 2. The van der Waals surface area contributed by atoms with E-state index in [0.29, 0.717) is 6.54 Å². The van der Waals surface area contributed by atoms with Crippen molar-refractivity contribution in [2.75, 3.05) is 13.2 Å². The molecule has 0 fully saturated rings. The van der Waals surface area contributed by atoms with Crippen molar-refractivity contribution in [3.05, 3.63) is 59.7 Å². The van der Waals surface area contributed by atoms with Crippen LogP contribution in [-0.2, 0) is 9.53 Å². The van der Waals surface area contributed by atoms with Crippen LogP contribution in [0.2, 0.25) is 0 Å². The first-order chi connectivity index (χ1) is 13.1. The first-order valence-electron chi connectivity index (χ1n) is 9.51. The quantitative estimate of drug-likeness (QED) is 0.732. The fourth-order valence-corrected chi connectivity index (χ4v) is 3.42. The van der Waals surface area contributed by atoms with Crippen LogP contribution in [0.15, 0.2) is 48.5 Å². The normalized spacial score (nSPS) is 13.4. The molecule has 2 amide bonds. The van der Waals surface area contributed by atoms with Crippen LogP contribution < -0.4 is 10.6 Å². The number of carbonyl (C=O) groups is 2. The highest BCUT2D eigenvalue weighted by atomic mass is 16.5. The Hall–Kier alpha value is -2.82. The minimum absolute atomic E-state index is 0.0110. The van der Waals surface area contributed by atoms with E-state index in [1.54, 1.807) is 6.92 Å². The van der Waals surface area contributed by atoms with E-state index in [1.807, 2.05) is 24.3 Å². The van der Waals surface area contributed by atoms with Gasteiger partial charge in [0.05, 0.1) is 0 Å². The highest BCUT2D eigenvalue weighted by Gasteiger charge is 2.29. The lowest BCUT2D eigenvalue weighted by Crippen LogP contribution is -2.45. The molecular formula is C22H26N2O3. The van der Waals surface area contributed by atoms with E-state index in [1.165, 1.54) is 11.1 Å². The number of alkyl carbamates (subject to hydrolysis) is 1. The lowest BCUT2D eigenvalue weighted by Gasteiger charge is -2.17. The maximum Gasteiger partial charge on any atom is 0.407 e. The van der Waals surface area contributed by atoms with Gasteiger partial charge in [0.1, 0.15) is 12.6 Å². The van der Waals surface area contributed by atoms with Crippen LogP contribution in [0.3, 0.4) is 0 Å². The smallest absolute Gasteiger partial charge is 0.407 e. The molecule has 2 aromatic rings. The molecule has 2 aromatic carbocycles. The van der Waals surface area contributed by atoms with E-state index in [4.69, 9.17) is 4.74 Å². The summed E-state index contributed by atoms with van der Waals surface area (Å²) in [7, 11) is 0. The molecule has 2 N–H and O–H groups in total. The second-order valence-electron chi connectivity index (χ2n) is 6.84. The molecule has 27 heavy (non-hydrogen) atoms. The fourth-order valence-electron chi connectivity index (χ4n) is 3.42. The van der Waals surface area contributed by atoms with Crippen molar-refractivity contribution in [3.8, 4) is 11.1 Å². The van der Waals surface area contributed by atoms with E-state index in [-0.39, 0.29) is 18.4 Å². The van der Waals surface area contributed by atoms with Crippen molar-refractivity contribution < 1.29 is 14.3 Å². The number of rotatable bonds is 7. The molecule has 1 aliphatic carbocycles. The van der Waals surface area contributed by atoms with Gasteiger partial charge in [0.25, 0.3) is 0 Å². The minimum Gasteiger partial charge on any atom is -0.449 e. The zero-order valence-corrected chi connectivity index (χ0v) is 15.8. The number of ether oxygens (including phenoxy) is 1. The number of amides is 2. The summed E-state index contributed by atoms with van der Waals surface area (Å²) in [4.78, 5) is 24.1. The second-order valence-corrected chi connectivity index (χ2v) is 6.84. The number of unbranched alkanes of at least 4 members (excludes halogenated alkanes) is 1. The van der Waals surface area contributed by atoms with Crippen molar-refractivity contribution >= 4 is 12.0 Å². The number of fused-ring (bicyclic) bond motifs is 3. The van der Waals surface area contributed by atoms with Crippen LogP contribution in [0, 0.1) is 0 Å². The maximum absolute atomic E-state index is 12.2. The van der Waals surface area contributed by atoms with Crippen molar-refractivity contribution in [3.63, 3.8) is 0 Å². The predicted octanol–water partition coefficient (Wildman–Crippen LogP) is 3.83. The first kappa shape index (κ1) is 19.0. The van der Waals surface area contributed by atoms with E-state index < -0.39 is 12.1 Å². The number of hydrogen-bond acceptors (Lipinski definition) is 3. The molecule has 0 saturated heterocycles. The van der Waals surface area contributed by atoms with Gasteiger partial charge < -0.3 is 15.4 Å². The third-order valence-corrected chi connectivity index (χ3v) is 4.90. The first-order valence-corrected chi connectivity index (χ1v) is 9.51. The van der Waals surface area contributed by atoms with Crippen LogP contribution >= 0.6 is 0 Å². The summed E-state index contributed by atoms with van der Waals surface area (Å²) < 4.78 is 5.46. The van der Waals surface area contributed by atoms with Gasteiger partial charge in [-0.05, 0) is 35.6 Å². The molecule has 0 heterocycles. The molecule has 0 saturated carbocycles. The molecule has 142 valence electrons. The number of hydrogen-bond donors (Lipinski definition) is 2. The second kappa shape index (κ2) is 8.71. The summed E-state index contributed by atoms with van der Waals surface area (Å²) in [6.45, 7) is 4.57. The van der Waals surface area contributed by atoms with Gasteiger partial charge in [-0.25, -0.2) is 4.79 Å². The fraction of sp³-hybridized carbons (Fsp3) is 0.364. The Labute approximate surface area is 160 Å². The monoisotopic (exact) mass is 366 g/mol. The SMILES string of the molecule is CCCCNC(=O)[C@H](C)NC(=O)OCC1c2ccccc2-c2ccccc21. The van der Waals surface area contributed by atoms with Gasteiger partial charge in [-0.2, -0.15) is 0 Å². The molecule has 0 spiro atoms. The molecule has 1 aliphatic rings. The molecule has 1 atom stereocenters. The highest BCUT2D eigenvalue weighted by molar-refractivity contribution is 5.85. The van der Waals surface area contributed by atoms with Crippen LogP contribution in [0.1, 0.15) is 43.7 Å². The average Bonchev–Trinajstić information content (AvgIpc) is 3.00. The zero-order chi connectivity index (χ0) is 19.2. The van der Waals surface area contributed by atoms with E-state index in [0.717, 1.165) is 24.0 Å². The maximum atomic E-state index is 12.2. The van der Waals surface area contributed by atoms with E-state index in [2.05, 4.69) is 41.8 Å². The van der Waals surface area contributed by atoms with Gasteiger partial charge in [0, 0.05) is 12.5 Å². The van der Waals surface area contributed by atoms with Gasteiger partial charge in [-0.1, -0.05) is 61.9 Å². The summed E-state index contributed by atoms with van der Waals surface area (Å²) in [6, 6.07) is 15.7. The number of nitrogens with one attached hydrogen (secondary N) is 2. The van der Waals surface area contributed by atoms with Gasteiger partial charge in [-0.15, -0.1) is 0 Å². The Morgan fingerprint density at radius 3 is 2.22 bits per heavy atom. The van der Waals surface area contributed by atoms with Gasteiger partial charge in [-0.3, -0.25) is 4.79 Å². The van der Waals surface area contributed by atoms with E-state index >= 15 is 0 Å². The predicted molar refractivity (Wildman–Crippen MR) is 106 cm³/mol. The Kier molecular flexibility index (Phi) is 6.12. The molecule has 5 nitrogen and oxygen atoms in total. The van der Waals surface area contributed by atoms with Crippen LogP contribution in [0.4, 0.5) is 4.79 Å².